The van der Waals surface area contributed by atoms with Gasteiger partial charge in [-0.15, -0.1) is 12.4 Å². The fraction of sp³-hybridized carbons (Fsp3) is 0.889. The summed E-state index contributed by atoms with van der Waals surface area (Å²) in [6, 6.07) is 0. The Hall–Kier alpha value is -0.280. The second-order valence-corrected chi connectivity index (χ2v) is 3.70. The summed E-state index contributed by atoms with van der Waals surface area (Å²) in [4.78, 5) is 11.3. The summed E-state index contributed by atoms with van der Waals surface area (Å²) in [6.07, 6.45) is 0. The number of carbonyl (C=O) groups is 1. The van der Waals surface area contributed by atoms with Gasteiger partial charge in [-0.2, -0.15) is 0 Å². The smallest absolute Gasteiger partial charge is 0.310 e. The van der Waals surface area contributed by atoms with E-state index in [0.29, 0.717) is 11.8 Å². The lowest BCUT2D eigenvalue weighted by Crippen LogP contribution is -2.27. The highest BCUT2D eigenvalue weighted by Gasteiger charge is 2.35. The van der Waals surface area contributed by atoms with Crippen molar-refractivity contribution in [1.82, 2.24) is 5.32 Å². The molecule has 0 amide bonds. The zero-order valence-corrected chi connectivity index (χ0v) is 9.19. The molecule has 0 aliphatic carbocycles. The van der Waals surface area contributed by atoms with Crippen LogP contribution >= 0.6 is 12.4 Å². The Morgan fingerprint density at radius 1 is 1.46 bits per heavy atom. The molecule has 1 N–H and O–H groups in total. The molecule has 0 aromatic rings. The van der Waals surface area contributed by atoms with Gasteiger partial charge in [-0.25, -0.2) is 0 Å². The molecule has 3 nitrogen and oxygen atoms in total. The second kappa shape index (κ2) is 5.45. The van der Waals surface area contributed by atoms with Crippen LogP contribution in [0, 0.1) is 17.8 Å². The molecule has 78 valence electrons. The molecule has 0 aromatic carbocycles. The number of esters is 1. The van der Waals surface area contributed by atoms with Gasteiger partial charge in [-0.05, 0) is 18.4 Å². The Labute approximate surface area is 85.6 Å². The molecule has 1 fully saturated rings. The lowest BCUT2D eigenvalue weighted by Gasteiger charge is -2.19. The van der Waals surface area contributed by atoms with Crippen molar-refractivity contribution in [3.05, 3.63) is 0 Å². The van der Waals surface area contributed by atoms with Gasteiger partial charge in [0, 0.05) is 6.54 Å². The first-order valence-electron chi connectivity index (χ1n) is 4.45. The zero-order valence-electron chi connectivity index (χ0n) is 8.37. The Morgan fingerprint density at radius 2 is 2.08 bits per heavy atom. The maximum absolute atomic E-state index is 11.3. The van der Waals surface area contributed by atoms with E-state index in [1.54, 1.807) is 0 Å². The summed E-state index contributed by atoms with van der Waals surface area (Å²) >= 11 is 0. The number of hydrogen-bond acceptors (Lipinski definition) is 3. The molecule has 0 spiro atoms. The van der Waals surface area contributed by atoms with Gasteiger partial charge in [0.25, 0.3) is 0 Å². The molecular formula is C9H18ClNO2. The number of hydrogen-bond donors (Lipinski definition) is 1. The quantitative estimate of drug-likeness (QED) is 0.689. The minimum Gasteiger partial charge on any atom is -0.469 e. The highest BCUT2D eigenvalue weighted by atomic mass is 35.5. The molecule has 0 aromatic heterocycles. The Kier molecular flexibility index (Phi) is 5.33. The van der Waals surface area contributed by atoms with Crippen molar-refractivity contribution in [2.75, 3.05) is 20.2 Å². The van der Waals surface area contributed by atoms with Gasteiger partial charge in [0.2, 0.25) is 0 Å². The maximum Gasteiger partial charge on any atom is 0.310 e. The predicted octanol–water partition coefficient (Wildman–Crippen LogP) is 1.07. The lowest BCUT2D eigenvalue weighted by molar-refractivity contribution is -0.146. The predicted molar refractivity (Wildman–Crippen MR) is 54.0 cm³/mol. The van der Waals surface area contributed by atoms with E-state index in [0.717, 1.165) is 13.1 Å². The molecule has 1 heterocycles. The van der Waals surface area contributed by atoms with Crippen LogP contribution in [-0.2, 0) is 9.53 Å². The third-order valence-electron chi connectivity index (χ3n) is 2.62. The molecule has 4 heteroatoms. The summed E-state index contributed by atoms with van der Waals surface area (Å²) in [5, 5.41) is 3.22. The normalized spacial score (nSPS) is 27.1. The first-order chi connectivity index (χ1) is 5.66. The Bertz CT molecular complexity index is 173. The van der Waals surface area contributed by atoms with Crippen molar-refractivity contribution in [2.24, 2.45) is 17.8 Å². The van der Waals surface area contributed by atoms with Crippen LogP contribution in [0.3, 0.4) is 0 Å². The summed E-state index contributed by atoms with van der Waals surface area (Å²) in [7, 11) is 1.46. The molecule has 0 unspecified atom stereocenters. The van der Waals surface area contributed by atoms with Gasteiger partial charge < -0.3 is 10.1 Å². The average molecular weight is 208 g/mol. The average Bonchev–Trinajstić information content (AvgIpc) is 2.50. The highest BCUT2D eigenvalue weighted by Crippen LogP contribution is 2.25. The minimum atomic E-state index is -0.0706. The van der Waals surface area contributed by atoms with E-state index >= 15 is 0 Å². The van der Waals surface area contributed by atoms with E-state index < -0.39 is 0 Å². The summed E-state index contributed by atoms with van der Waals surface area (Å²) in [5.41, 5.74) is 0. The zero-order chi connectivity index (χ0) is 9.14. The fourth-order valence-electron chi connectivity index (χ4n) is 1.81. The summed E-state index contributed by atoms with van der Waals surface area (Å²) < 4.78 is 4.74. The molecule has 1 saturated heterocycles. The van der Waals surface area contributed by atoms with Crippen LogP contribution in [0.4, 0.5) is 0 Å². The molecule has 0 bridgehead atoms. The monoisotopic (exact) mass is 207 g/mol. The molecule has 1 aliphatic heterocycles. The number of halogens is 1. The van der Waals surface area contributed by atoms with E-state index in [2.05, 4.69) is 19.2 Å². The molecule has 1 aliphatic rings. The number of nitrogens with one attached hydrogen (secondary N) is 1. The number of ether oxygens (including phenoxy) is 1. The Morgan fingerprint density at radius 3 is 2.54 bits per heavy atom. The summed E-state index contributed by atoms with van der Waals surface area (Å²) in [6.45, 7) is 6.01. The molecule has 13 heavy (non-hydrogen) atoms. The first-order valence-corrected chi connectivity index (χ1v) is 4.45. The van der Waals surface area contributed by atoms with E-state index in [1.807, 2.05) is 0 Å². The van der Waals surface area contributed by atoms with Crippen molar-refractivity contribution in [3.8, 4) is 0 Å². The molecule has 0 radical (unpaired) electrons. The third kappa shape index (κ3) is 2.85. The van der Waals surface area contributed by atoms with Crippen LogP contribution in [0.5, 0.6) is 0 Å². The first kappa shape index (κ1) is 12.7. The van der Waals surface area contributed by atoms with E-state index in [4.69, 9.17) is 4.74 Å². The van der Waals surface area contributed by atoms with Crippen molar-refractivity contribution < 1.29 is 9.53 Å². The largest absolute Gasteiger partial charge is 0.469 e. The van der Waals surface area contributed by atoms with Gasteiger partial charge in [0.1, 0.15) is 0 Å². The molecular weight excluding hydrogens is 190 g/mol. The van der Waals surface area contributed by atoms with Gasteiger partial charge in [-0.1, -0.05) is 13.8 Å². The van der Waals surface area contributed by atoms with Crippen molar-refractivity contribution >= 4 is 18.4 Å². The second-order valence-electron chi connectivity index (χ2n) is 3.70. The maximum atomic E-state index is 11.3. The number of methoxy groups -OCH3 is 1. The fourth-order valence-corrected chi connectivity index (χ4v) is 1.81. The van der Waals surface area contributed by atoms with Gasteiger partial charge >= 0.3 is 5.97 Å². The number of carbonyl (C=O) groups excluding carboxylic acids is 1. The number of rotatable bonds is 2. The SMILES string of the molecule is COC(=O)[C@@H]1CNC[C@H]1C(C)C.Cl. The lowest BCUT2D eigenvalue weighted by atomic mass is 9.86. The van der Waals surface area contributed by atoms with Crippen LogP contribution in [0.25, 0.3) is 0 Å². The Balaban J connectivity index is 0.00000144. The van der Waals surface area contributed by atoms with Crippen molar-refractivity contribution in [1.29, 1.82) is 0 Å². The molecule has 1 rings (SSSR count). The van der Waals surface area contributed by atoms with E-state index in [-0.39, 0.29) is 24.3 Å². The van der Waals surface area contributed by atoms with Crippen molar-refractivity contribution in [2.45, 2.75) is 13.8 Å². The summed E-state index contributed by atoms with van der Waals surface area (Å²) in [5.74, 6) is 0.982. The van der Waals surface area contributed by atoms with Crippen LogP contribution < -0.4 is 5.32 Å². The van der Waals surface area contributed by atoms with Gasteiger partial charge in [-0.3, -0.25) is 4.79 Å². The molecule has 2 atom stereocenters. The van der Waals surface area contributed by atoms with Crippen LogP contribution in [0.2, 0.25) is 0 Å². The van der Waals surface area contributed by atoms with Crippen molar-refractivity contribution in [3.63, 3.8) is 0 Å². The van der Waals surface area contributed by atoms with Gasteiger partial charge in [0.15, 0.2) is 0 Å². The van der Waals surface area contributed by atoms with Crippen LogP contribution in [-0.4, -0.2) is 26.2 Å². The third-order valence-corrected chi connectivity index (χ3v) is 2.62. The topological polar surface area (TPSA) is 38.3 Å². The minimum absolute atomic E-state index is 0. The van der Waals surface area contributed by atoms with E-state index in [1.165, 1.54) is 7.11 Å². The molecule has 0 saturated carbocycles. The van der Waals surface area contributed by atoms with Crippen LogP contribution in [0.15, 0.2) is 0 Å². The van der Waals surface area contributed by atoms with Gasteiger partial charge in [0.05, 0.1) is 13.0 Å². The standard InChI is InChI=1S/C9H17NO2.ClH/c1-6(2)7-4-10-5-8(7)9(11)12-3;/h6-8,10H,4-5H2,1-3H3;1H/t7-,8+;/m0./s1. The van der Waals surface area contributed by atoms with E-state index in [9.17, 15) is 4.79 Å². The highest BCUT2D eigenvalue weighted by molar-refractivity contribution is 5.85. The van der Waals surface area contributed by atoms with Crippen LogP contribution in [0.1, 0.15) is 13.8 Å².